The molecule has 0 radical (unpaired) electrons. The molecule has 62 heavy (non-hydrogen) atoms. The van der Waals surface area contributed by atoms with Gasteiger partial charge in [0.2, 0.25) is 0 Å². The molecule has 0 aliphatic heterocycles. The van der Waals surface area contributed by atoms with Crippen molar-refractivity contribution in [1.82, 2.24) is 19.5 Å². The van der Waals surface area contributed by atoms with Gasteiger partial charge in [-0.3, -0.25) is 0 Å². The van der Waals surface area contributed by atoms with E-state index in [-0.39, 0.29) is 0 Å². The van der Waals surface area contributed by atoms with Crippen LogP contribution in [0.5, 0.6) is 0 Å². The molecule has 0 spiro atoms. The minimum absolute atomic E-state index is 0.579. The number of furan rings is 1. The lowest BCUT2D eigenvalue weighted by Gasteiger charge is -2.16. The Morgan fingerprint density at radius 1 is 0.323 bits per heavy atom. The lowest BCUT2D eigenvalue weighted by molar-refractivity contribution is 0.670. The Labute approximate surface area is 355 Å². The highest BCUT2D eigenvalue weighted by Gasteiger charge is 2.22. The van der Waals surface area contributed by atoms with Crippen LogP contribution >= 0.6 is 0 Å². The Kier molecular flexibility index (Phi) is 7.54. The minimum atomic E-state index is 0.579. The molecule has 288 valence electrons. The van der Waals surface area contributed by atoms with E-state index >= 15 is 0 Å². The summed E-state index contributed by atoms with van der Waals surface area (Å²) in [6.07, 6.45) is 0. The maximum absolute atomic E-state index is 6.75. The van der Waals surface area contributed by atoms with E-state index < -0.39 is 0 Å². The summed E-state index contributed by atoms with van der Waals surface area (Å²) in [6, 6.07) is 72.8. The van der Waals surface area contributed by atoms with E-state index in [0.29, 0.717) is 17.5 Å². The number of fused-ring (bicyclic) bond motifs is 10. The van der Waals surface area contributed by atoms with Gasteiger partial charge in [0.1, 0.15) is 11.2 Å². The van der Waals surface area contributed by atoms with Crippen LogP contribution in [0.25, 0.3) is 127 Å². The van der Waals surface area contributed by atoms with Gasteiger partial charge in [0.05, 0.1) is 11.0 Å². The van der Waals surface area contributed by atoms with Gasteiger partial charge in [-0.1, -0.05) is 158 Å². The lowest BCUT2D eigenvalue weighted by Crippen LogP contribution is -2.02. The molecule has 5 heteroatoms. The van der Waals surface area contributed by atoms with E-state index in [9.17, 15) is 0 Å². The molecule has 10 aromatic carbocycles. The second-order valence-corrected chi connectivity index (χ2v) is 16.0. The molecule has 5 nitrogen and oxygen atoms in total. The summed E-state index contributed by atoms with van der Waals surface area (Å²) in [5, 5.41) is 11.7. The van der Waals surface area contributed by atoms with Gasteiger partial charge in [0.25, 0.3) is 0 Å². The monoisotopic (exact) mass is 790 g/mol. The van der Waals surface area contributed by atoms with E-state index in [1.54, 1.807) is 0 Å². The predicted octanol–water partition coefficient (Wildman–Crippen LogP) is 15.0. The largest absolute Gasteiger partial charge is 0.455 e. The molecule has 3 aromatic heterocycles. The summed E-state index contributed by atoms with van der Waals surface area (Å²) in [5.74, 6) is 1.79. The molecule has 0 saturated carbocycles. The highest BCUT2D eigenvalue weighted by atomic mass is 16.3. The normalized spacial score (nSPS) is 11.9. The zero-order chi connectivity index (χ0) is 40.7. The summed E-state index contributed by atoms with van der Waals surface area (Å²) in [7, 11) is 0. The molecule has 0 fully saturated rings. The van der Waals surface area contributed by atoms with Gasteiger partial charge in [-0.25, -0.2) is 15.0 Å². The van der Waals surface area contributed by atoms with Crippen molar-refractivity contribution in [2.24, 2.45) is 0 Å². The molecular weight excluding hydrogens is 757 g/mol. The Balaban J connectivity index is 1.09. The van der Waals surface area contributed by atoms with Crippen LogP contribution < -0.4 is 0 Å². The second-order valence-electron chi connectivity index (χ2n) is 16.0. The van der Waals surface area contributed by atoms with Gasteiger partial charge < -0.3 is 8.98 Å². The number of aromatic nitrogens is 4. The number of hydrogen-bond donors (Lipinski definition) is 0. The summed E-state index contributed by atoms with van der Waals surface area (Å²) in [5.41, 5.74) is 9.60. The van der Waals surface area contributed by atoms with Crippen molar-refractivity contribution < 1.29 is 4.42 Å². The maximum atomic E-state index is 6.75. The minimum Gasteiger partial charge on any atom is -0.455 e. The van der Waals surface area contributed by atoms with Crippen molar-refractivity contribution in [2.45, 2.75) is 0 Å². The van der Waals surface area contributed by atoms with Crippen LogP contribution in [0.2, 0.25) is 0 Å². The predicted molar refractivity (Wildman–Crippen MR) is 256 cm³/mol. The summed E-state index contributed by atoms with van der Waals surface area (Å²) in [4.78, 5) is 15.8. The van der Waals surface area contributed by atoms with Crippen molar-refractivity contribution in [3.63, 3.8) is 0 Å². The van der Waals surface area contributed by atoms with Crippen LogP contribution in [-0.2, 0) is 0 Å². The first-order valence-corrected chi connectivity index (χ1v) is 20.9. The summed E-state index contributed by atoms with van der Waals surface area (Å²) < 4.78 is 9.13. The molecule has 0 saturated heterocycles. The molecule has 13 aromatic rings. The topological polar surface area (TPSA) is 56.7 Å². The zero-order valence-electron chi connectivity index (χ0n) is 33.3. The first-order chi connectivity index (χ1) is 30.7. The van der Waals surface area contributed by atoms with Crippen molar-refractivity contribution in [2.75, 3.05) is 0 Å². The van der Waals surface area contributed by atoms with Crippen molar-refractivity contribution in [3.05, 3.63) is 206 Å². The van der Waals surface area contributed by atoms with E-state index in [4.69, 9.17) is 19.4 Å². The van der Waals surface area contributed by atoms with Crippen molar-refractivity contribution in [1.29, 1.82) is 0 Å². The SMILES string of the molecule is c1ccc(-c2nc(-c3ccc4c(ccc5ccccc54)c3)nc(-c3ccc(-n4c5ccccc5c5cc6ccccc6cc54)cc3-c3cccc4c3oc3ccccc34)n2)cc1. The fraction of sp³-hybridized carbons (Fsp3) is 0. The van der Waals surface area contributed by atoms with Crippen LogP contribution in [-0.4, -0.2) is 19.5 Å². The molecule has 0 unspecified atom stereocenters. The summed E-state index contributed by atoms with van der Waals surface area (Å²) in [6.45, 7) is 0. The number of nitrogens with zero attached hydrogens (tertiary/aromatic N) is 4. The van der Waals surface area contributed by atoms with Crippen LogP contribution in [0.4, 0.5) is 0 Å². The number of rotatable bonds is 5. The standard InChI is InChI=1S/C57H34N4O/c1-2-14-36(15-3-1)55-58-56(40-27-29-43-39(31-40)26-25-35-13-6-7-18-42(35)43)60-57(59-55)48-30-28-41(34-49(48)47-22-12-21-46-45-20-9-11-24-53(45)62-54(46)47)61-51-23-10-8-19-44(51)50-32-37-16-4-5-17-38(37)33-52(50)61/h1-34H. The molecular formula is C57H34N4O. The van der Waals surface area contributed by atoms with Crippen molar-refractivity contribution >= 4 is 76.1 Å². The van der Waals surface area contributed by atoms with E-state index in [1.807, 2.05) is 30.3 Å². The smallest absolute Gasteiger partial charge is 0.164 e. The van der Waals surface area contributed by atoms with Crippen LogP contribution in [0, 0.1) is 0 Å². The first kappa shape index (κ1) is 34.5. The highest BCUT2D eigenvalue weighted by molar-refractivity contribution is 6.14. The average molecular weight is 791 g/mol. The lowest BCUT2D eigenvalue weighted by atomic mass is 9.96. The van der Waals surface area contributed by atoms with Crippen LogP contribution in [0.3, 0.4) is 0 Å². The van der Waals surface area contributed by atoms with Gasteiger partial charge in [-0.15, -0.1) is 0 Å². The Bertz CT molecular complexity index is 3940. The number of para-hydroxylation sites is 3. The third kappa shape index (κ3) is 5.38. The molecule has 0 bridgehead atoms. The maximum Gasteiger partial charge on any atom is 0.164 e. The van der Waals surface area contributed by atoms with E-state index in [1.165, 1.54) is 37.7 Å². The van der Waals surface area contributed by atoms with Crippen LogP contribution in [0.1, 0.15) is 0 Å². The highest BCUT2D eigenvalue weighted by Crippen LogP contribution is 2.43. The molecule has 0 aliphatic rings. The van der Waals surface area contributed by atoms with Gasteiger partial charge in [-0.05, 0) is 86.4 Å². The number of benzene rings is 10. The Hall–Kier alpha value is -8.41. The number of hydrogen-bond acceptors (Lipinski definition) is 4. The third-order valence-electron chi connectivity index (χ3n) is 12.4. The third-order valence-corrected chi connectivity index (χ3v) is 12.4. The Morgan fingerprint density at radius 3 is 1.85 bits per heavy atom. The molecule has 0 aliphatic carbocycles. The van der Waals surface area contributed by atoms with Crippen LogP contribution in [0.15, 0.2) is 211 Å². The van der Waals surface area contributed by atoms with Crippen molar-refractivity contribution in [3.8, 4) is 51.0 Å². The molecule has 3 heterocycles. The fourth-order valence-corrected chi connectivity index (χ4v) is 9.48. The van der Waals surface area contributed by atoms with Gasteiger partial charge in [0.15, 0.2) is 17.5 Å². The van der Waals surface area contributed by atoms with Gasteiger partial charge in [0, 0.05) is 49.5 Å². The average Bonchev–Trinajstić information content (AvgIpc) is 3.88. The van der Waals surface area contributed by atoms with Gasteiger partial charge >= 0.3 is 0 Å². The molecule has 13 rings (SSSR count). The molecule has 0 N–H and O–H groups in total. The fourth-order valence-electron chi connectivity index (χ4n) is 9.48. The first-order valence-electron chi connectivity index (χ1n) is 20.9. The summed E-state index contributed by atoms with van der Waals surface area (Å²) >= 11 is 0. The second kappa shape index (κ2) is 13.6. The Morgan fingerprint density at radius 2 is 0.984 bits per heavy atom. The van der Waals surface area contributed by atoms with Gasteiger partial charge in [-0.2, -0.15) is 0 Å². The zero-order valence-corrected chi connectivity index (χ0v) is 33.3. The molecule has 0 atom stereocenters. The van der Waals surface area contributed by atoms with E-state index in [0.717, 1.165) is 71.9 Å². The van der Waals surface area contributed by atoms with E-state index in [2.05, 4.69) is 180 Å². The molecule has 0 amide bonds. The quantitative estimate of drug-likeness (QED) is 0.163.